The van der Waals surface area contributed by atoms with Gasteiger partial charge in [0.05, 0.1) is 13.2 Å². The van der Waals surface area contributed by atoms with E-state index < -0.39 is 5.91 Å². The summed E-state index contributed by atoms with van der Waals surface area (Å²) in [6.07, 6.45) is 2.26. The van der Waals surface area contributed by atoms with Gasteiger partial charge in [-0.25, -0.2) is 0 Å². The lowest BCUT2D eigenvalue weighted by molar-refractivity contribution is -0.117. The lowest BCUT2D eigenvalue weighted by atomic mass is 10.1. The van der Waals surface area contributed by atoms with Crippen molar-refractivity contribution >= 4 is 21.8 Å². The largest absolute Gasteiger partial charge is 0.497 e. The summed E-state index contributed by atoms with van der Waals surface area (Å²) in [6.45, 7) is 2.50. The molecule has 1 unspecified atom stereocenters. The van der Waals surface area contributed by atoms with Gasteiger partial charge in [0.2, 0.25) is 0 Å². The molecule has 2 N–H and O–H groups in total. The van der Waals surface area contributed by atoms with Crippen LogP contribution in [0.25, 0.3) is 0 Å². The summed E-state index contributed by atoms with van der Waals surface area (Å²) < 4.78 is 6.16. The van der Waals surface area contributed by atoms with Crippen LogP contribution in [0.4, 0.5) is 0 Å². The molecule has 27 heavy (non-hydrogen) atoms. The van der Waals surface area contributed by atoms with Crippen molar-refractivity contribution < 1.29 is 9.53 Å². The van der Waals surface area contributed by atoms with Gasteiger partial charge in [-0.3, -0.25) is 4.79 Å². The van der Waals surface area contributed by atoms with Crippen molar-refractivity contribution in [2.45, 2.75) is 19.4 Å². The molecule has 6 heteroatoms. The Morgan fingerprint density at radius 3 is 2.67 bits per heavy atom. The average molecular weight is 428 g/mol. The van der Waals surface area contributed by atoms with Gasteiger partial charge < -0.3 is 15.4 Å². The predicted molar refractivity (Wildman–Crippen MR) is 109 cm³/mol. The van der Waals surface area contributed by atoms with Gasteiger partial charge in [-0.05, 0) is 48.7 Å². The summed E-state index contributed by atoms with van der Waals surface area (Å²) >= 11 is 3.44. The molecule has 2 aromatic rings. The number of benzene rings is 2. The number of ether oxygens (including phenoxy) is 1. The zero-order valence-electron chi connectivity index (χ0n) is 15.3. The third-order valence-electron chi connectivity index (χ3n) is 4.02. The van der Waals surface area contributed by atoms with Crippen molar-refractivity contribution in [3.8, 4) is 11.8 Å². The molecular formula is C21H22BrN3O2. The molecule has 1 atom stereocenters. The first-order valence-corrected chi connectivity index (χ1v) is 9.35. The Morgan fingerprint density at radius 2 is 2.04 bits per heavy atom. The highest BCUT2D eigenvalue weighted by molar-refractivity contribution is 9.10. The van der Waals surface area contributed by atoms with E-state index in [0.717, 1.165) is 22.2 Å². The molecule has 0 aliphatic heterocycles. The maximum absolute atomic E-state index is 12.3. The van der Waals surface area contributed by atoms with E-state index in [-0.39, 0.29) is 11.6 Å². The zero-order valence-corrected chi connectivity index (χ0v) is 16.9. The summed E-state index contributed by atoms with van der Waals surface area (Å²) in [5.41, 5.74) is 2.15. The van der Waals surface area contributed by atoms with E-state index in [0.29, 0.717) is 6.54 Å². The standard InChI is InChI=1S/C21H22BrN3O2/c1-15(17-6-8-20(27-2)9-7-17)25-21(26)18(13-23)14-24-11-10-16-4-3-5-19(22)12-16/h3-9,12,14-15,24H,10-11H2,1-2H3,(H,25,26)/b18-14-. The normalized spacial score (nSPS) is 12.0. The summed E-state index contributed by atoms with van der Waals surface area (Å²) in [4.78, 5) is 12.3. The van der Waals surface area contributed by atoms with E-state index in [2.05, 4.69) is 26.6 Å². The van der Waals surface area contributed by atoms with Crippen molar-refractivity contribution in [3.63, 3.8) is 0 Å². The van der Waals surface area contributed by atoms with Crippen LogP contribution in [0.15, 0.2) is 64.8 Å². The van der Waals surface area contributed by atoms with Crippen LogP contribution >= 0.6 is 15.9 Å². The van der Waals surface area contributed by atoms with Crippen LogP contribution in [0.2, 0.25) is 0 Å². The van der Waals surface area contributed by atoms with E-state index >= 15 is 0 Å². The number of rotatable bonds is 8. The van der Waals surface area contributed by atoms with E-state index in [1.807, 2.05) is 61.5 Å². The van der Waals surface area contributed by atoms with Crippen molar-refractivity contribution in [2.75, 3.05) is 13.7 Å². The molecule has 0 heterocycles. The molecule has 2 rings (SSSR count). The number of nitriles is 1. The molecule has 0 bridgehead atoms. The van der Waals surface area contributed by atoms with Crippen LogP contribution < -0.4 is 15.4 Å². The number of nitrogens with zero attached hydrogens (tertiary/aromatic N) is 1. The first kappa shape index (κ1) is 20.5. The summed E-state index contributed by atoms with van der Waals surface area (Å²) in [5.74, 6) is 0.348. The Morgan fingerprint density at radius 1 is 1.30 bits per heavy atom. The number of nitrogens with one attached hydrogen (secondary N) is 2. The molecule has 0 aliphatic carbocycles. The van der Waals surface area contributed by atoms with Crippen LogP contribution in [0.1, 0.15) is 24.1 Å². The smallest absolute Gasteiger partial charge is 0.263 e. The van der Waals surface area contributed by atoms with Crippen molar-refractivity contribution in [1.29, 1.82) is 5.26 Å². The van der Waals surface area contributed by atoms with Crippen LogP contribution in [-0.4, -0.2) is 19.6 Å². The molecule has 0 saturated heterocycles. The Balaban J connectivity index is 1.88. The van der Waals surface area contributed by atoms with Gasteiger partial charge in [0, 0.05) is 17.2 Å². The number of carbonyl (C=O) groups excluding carboxylic acids is 1. The minimum absolute atomic E-state index is 0.0459. The fraction of sp³-hybridized carbons (Fsp3) is 0.238. The number of hydrogen-bond donors (Lipinski definition) is 2. The maximum atomic E-state index is 12.3. The van der Waals surface area contributed by atoms with Crippen molar-refractivity contribution in [1.82, 2.24) is 10.6 Å². The van der Waals surface area contributed by atoms with Crippen LogP contribution in [0.3, 0.4) is 0 Å². The van der Waals surface area contributed by atoms with Gasteiger partial charge in [0.15, 0.2) is 0 Å². The Bertz CT molecular complexity index is 841. The third kappa shape index (κ3) is 6.46. The summed E-state index contributed by atoms with van der Waals surface area (Å²) in [6, 6.07) is 17.2. The van der Waals surface area contributed by atoms with Crippen molar-refractivity contribution in [3.05, 3.63) is 75.9 Å². The van der Waals surface area contributed by atoms with E-state index in [1.165, 1.54) is 11.8 Å². The summed E-state index contributed by atoms with van der Waals surface area (Å²) in [7, 11) is 1.60. The molecule has 0 aliphatic rings. The molecule has 0 aromatic heterocycles. The zero-order chi connectivity index (χ0) is 19.6. The third-order valence-corrected chi connectivity index (χ3v) is 4.52. The van der Waals surface area contributed by atoms with Crippen LogP contribution in [0.5, 0.6) is 5.75 Å². The van der Waals surface area contributed by atoms with Gasteiger partial charge in [-0.2, -0.15) is 5.26 Å². The second kappa shape index (κ2) is 10.4. The molecule has 1 amide bonds. The average Bonchev–Trinajstić information content (AvgIpc) is 2.68. The van der Waals surface area contributed by atoms with Gasteiger partial charge in [0.1, 0.15) is 17.4 Å². The number of methoxy groups -OCH3 is 1. The molecule has 0 saturated carbocycles. The Hall–Kier alpha value is -2.78. The van der Waals surface area contributed by atoms with E-state index in [9.17, 15) is 10.1 Å². The first-order valence-electron chi connectivity index (χ1n) is 8.56. The molecule has 5 nitrogen and oxygen atoms in total. The fourth-order valence-corrected chi connectivity index (χ4v) is 2.93. The fourth-order valence-electron chi connectivity index (χ4n) is 2.48. The number of hydrogen-bond acceptors (Lipinski definition) is 4. The van der Waals surface area contributed by atoms with Gasteiger partial charge in [-0.15, -0.1) is 0 Å². The van der Waals surface area contributed by atoms with Crippen molar-refractivity contribution in [2.24, 2.45) is 0 Å². The second-order valence-corrected chi connectivity index (χ2v) is 6.89. The number of carbonyl (C=O) groups is 1. The van der Waals surface area contributed by atoms with Gasteiger partial charge in [-0.1, -0.05) is 40.2 Å². The van der Waals surface area contributed by atoms with Gasteiger partial charge >= 0.3 is 0 Å². The Labute approximate surface area is 168 Å². The molecule has 0 fully saturated rings. The van der Waals surface area contributed by atoms with Crippen LogP contribution in [-0.2, 0) is 11.2 Å². The molecule has 0 radical (unpaired) electrons. The van der Waals surface area contributed by atoms with Crippen LogP contribution in [0, 0.1) is 11.3 Å². The first-order chi connectivity index (χ1) is 13.0. The maximum Gasteiger partial charge on any atom is 0.263 e. The highest BCUT2D eigenvalue weighted by Crippen LogP contribution is 2.17. The highest BCUT2D eigenvalue weighted by Gasteiger charge is 2.13. The Kier molecular flexibility index (Phi) is 7.90. The number of halogens is 1. The second-order valence-electron chi connectivity index (χ2n) is 5.97. The lowest BCUT2D eigenvalue weighted by Crippen LogP contribution is -2.28. The van der Waals surface area contributed by atoms with Gasteiger partial charge in [0.25, 0.3) is 5.91 Å². The van der Waals surface area contributed by atoms with E-state index in [1.54, 1.807) is 7.11 Å². The predicted octanol–water partition coefficient (Wildman–Crippen LogP) is 3.87. The summed E-state index contributed by atoms with van der Waals surface area (Å²) in [5, 5.41) is 15.1. The SMILES string of the molecule is COc1ccc(C(C)NC(=O)/C(C#N)=C\NCCc2cccc(Br)c2)cc1. The monoisotopic (exact) mass is 427 g/mol. The minimum Gasteiger partial charge on any atom is -0.497 e. The quantitative estimate of drug-likeness (QED) is 0.380. The lowest BCUT2D eigenvalue weighted by Gasteiger charge is -2.14. The molecule has 0 spiro atoms. The minimum atomic E-state index is -0.407. The molecular weight excluding hydrogens is 406 g/mol. The molecule has 2 aromatic carbocycles. The topological polar surface area (TPSA) is 74.1 Å². The molecule has 140 valence electrons. The number of amides is 1. The van der Waals surface area contributed by atoms with E-state index in [4.69, 9.17) is 4.74 Å². The highest BCUT2D eigenvalue weighted by atomic mass is 79.9.